The van der Waals surface area contributed by atoms with Crippen molar-refractivity contribution in [3.05, 3.63) is 23.8 Å². The van der Waals surface area contributed by atoms with Gasteiger partial charge in [0.25, 0.3) is 0 Å². The van der Waals surface area contributed by atoms with Gasteiger partial charge in [0, 0.05) is 18.2 Å². The van der Waals surface area contributed by atoms with Gasteiger partial charge in [0.1, 0.15) is 11.8 Å². The molecule has 5 heteroatoms. The van der Waals surface area contributed by atoms with Crippen molar-refractivity contribution in [1.82, 2.24) is 0 Å². The number of nitrogens with two attached hydrogens (primary N) is 1. The molecular formula is C11H14N2O3. The van der Waals surface area contributed by atoms with Crippen molar-refractivity contribution in [2.45, 2.75) is 18.4 Å². The average Bonchev–Trinajstić information content (AvgIpc) is 2.61. The highest BCUT2D eigenvalue weighted by atomic mass is 16.4. The summed E-state index contributed by atoms with van der Waals surface area (Å²) in [6, 6.07) is 4.19. The first-order valence-corrected chi connectivity index (χ1v) is 5.13. The minimum absolute atomic E-state index is 0.0493. The Bertz CT molecular complexity index is 420. The van der Waals surface area contributed by atoms with E-state index in [9.17, 15) is 9.90 Å². The van der Waals surface area contributed by atoms with E-state index in [1.807, 2.05) is 0 Å². The Hall–Kier alpha value is -1.75. The SMILES string of the molecule is N[C@@H](C[C@@H]1CNc2ccc(O)cc21)C(=O)O. The van der Waals surface area contributed by atoms with Crippen LogP contribution in [0.2, 0.25) is 0 Å². The van der Waals surface area contributed by atoms with Crippen LogP contribution in [0.1, 0.15) is 17.9 Å². The Morgan fingerprint density at radius 3 is 3.06 bits per heavy atom. The topological polar surface area (TPSA) is 95.6 Å². The molecule has 0 spiro atoms. The second kappa shape index (κ2) is 4.02. The molecule has 1 aliphatic heterocycles. The normalized spacial score (nSPS) is 19.9. The van der Waals surface area contributed by atoms with E-state index in [1.165, 1.54) is 0 Å². The zero-order valence-corrected chi connectivity index (χ0v) is 8.68. The summed E-state index contributed by atoms with van der Waals surface area (Å²) in [5.74, 6) is -0.752. The largest absolute Gasteiger partial charge is 0.508 e. The maximum Gasteiger partial charge on any atom is 0.320 e. The molecule has 0 bridgehead atoms. The van der Waals surface area contributed by atoms with Gasteiger partial charge in [-0.15, -0.1) is 0 Å². The lowest BCUT2D eigenvalue weighted by Crippen LogP contribution is -2.32. The van der Waals surface area contributed by atoms with E-state index in [2.05, 4.69) is 5.32 Å². The van der Waals surface area contributed by atoms with Gasteiger partial charge in [0.15, 0.2) is 0 Å². The van der Waals surface area contributed by atoms with E-state index in [1.54, 1.807) is 18.2 Å². The molecule has 0 unspecified atom stereocenters. The van der Waals surface area contributed by atoms with E-state index >= 15 is 0 Å². The molecule has 0 saturated heterocycles. The first kappa shape index (κ1) is 10.8. The number of phenolic OH excluding ortho intramolecular Hbond substituents is 1. The summed E-state index contributed by atoms with van der Waals surface area (Å²) >= 11 is 0. The van der Waals surface area contributed by atoms with Crippen LogP contribution in [0.4, 0.5) is 5.69 Å². The van der Waals surface area contributed by atoms with Gasteiger partial charge in [-0.05, 0) is 30.2 Å². The fourth-order valence-electron chi connectivity index (χ4n) is 2.01. The highest BCUT2D eigenvalue weighted by Gasteiger charge is 2.26. The molecule has 0 radical (unpaired) electrons. The highest BCUT2D eigenvalue weighted by Crippen LogP contribution is 2.36. The van der Waals surface area contributed by atoms with Crippen LogP contribution in [0.15, 0.2) is 18.2 Å². The van der Waals surface area contributed by atoms with Crippen molar-refractivity contribution in [1.29, 1.82) is 0 Å². The van der Waals surface area contributed by atoms with Gasteiger partial charge in [-0.3, -0.25) is 4.79 Å². The van der Waals surface area contributed by atoms with Gasteiger partial charge in [-0.25, -0.2) is 0 Å². The second-order valence-electron chi connectivity index (χ2n) is 4.03. The van der Waals surface area contributed by atoms with E-state index < -0.39 is 12.0 Å². The molecule has 1 aromatic carbocycles. The number of carboxylic acid groups (broad SMARTS) is 1. The number of hydrogen-bond donors (Lipinski definition) is 4. The summed E-state index contributed by atoms with van der Waals surface area (Å²) in [4.78, 5) is 10.7. The Morgan fingerprint density at radius 1 is 1.62 bits per heavy atom. The highest BCUT2D eigenvalue weighted by molar-refractivity contribution is 5.73. The standard InChI is InChI=1S/C11H14N2O3/c12-9(11(15)16)3-6-5-13-10-2-1-7(14)4-8(6)10/h1-2,4,6,9,13-14H,3,5,12H2,(H,15,16)/t6-,9+/m1/s1. The Balaban J connectivity index is 2.17. The summed E-state index contributed by atoms with van der Waals surface area (Å²) in [5.41, 5.74) is 7.39. The van der Waals surface area contributed by atoms with Crippen LogP contribution < -0.4 is 11.1 Å². The number of carbonyl (C=O) groups is 1. The van der Waals surface area contributed by atoms with Crippen molar-refractivity contribution in [3.63, 3.8) is 0 Å². The van der Waals surface area contributed by atoms with E-state index in [0.29, 0.717) is 13.0 Å². The molecular weight excluding hydrogens is 208 g/mol. The third kappa shape index (κ3) is 1.94. The molecule has 86 valence electrons. The molecule has 2 rings (SSSR count). The molecule has 1 aromatic rings. The first-order chi connectivity index (χ1) is 7.58. The van der Waals surface area contributed by atoms with Gasteiger partial charge in [0.2, 0.25) is 0 Å². The Kier molecular flexibility index (Phi) is 2.70. The second-order valence-corrected chi connectivity index (χ2v) is 4.03. The molecule has 0 aliphatic carbocycles. The number of aromatic hydroxyl groups is 1. The van der Waals surface area contributed by atoms with Gasteiger partial charge >= 0.3 is 5.97 Å². The molecule has 5 N–H and O–H groups in total. The smallest absolute Gasteiger partial charge is 0.320 e. The fraction of sp³-hybridized carbons (Fsp3) is 0.364. The monoisotopic (exact) mass is 222 g/mol. The van der Waals surface area contributed by atoms with E-state index in [0.717, 1.165) is 11.3 Å². The Labute approximate surface area is 92.9 Å². The van der Waals surface area contributed by atoms with Crippen LogP contribution in [-0.2, 0) is 4.79 Å². The summed E-state index contributed by atoms with van der Waals surface area (Å²) in [7, 11) is 0. The zero-order valence-electron chi connectivity index (χ0n) is 8.68. The van der Waals surface area contributed by atoms with Crippen LogP contribution in [0, 0.1) is 0 Å². The predicted octanol–water partition coefficient (Wildman–Crippen LogP) is 0.703. The predicted molar refractivity (Wildman–Crippen MR) is 59.6 cm³/mol. The molecule has 1 aliphatic rings. The third-order valence-corrected chi connectivity index (χ3v) is 2.87. The molecule has 0 amide bonds. The van der Waals surface area contributed by atoms with E-state index in [4.69, 9.17) is 10.8 Å². The number of fused-ring (bicyclic) bond motifs is 1. The minimum atomic E-state index is -0.992. The zero-order chi connectivity index (χ0) is 11.7. The lowest BCUT2D eigenvalue weighted by molar-refractivity contribution is -0.138. The number of hydrogen-bond acceptors (Lipinski definition) is 4. The van der Waals surface area contributed by atoms with E-state index in [-0.39, 0.29) is 11.7 Å². The first-order valence-electron chi connectivity index (χ1n) is 5.13. The number of carboxylic acids is 1. The molecule has 0 saturated carbocycles. The number of benzene rings is 1. The van der Waals surface area contributed by atoms with Crippen LogP contribution in [-0.4, -0.2) is 28.8 Å². The van der Waals surface area contributed by atoms with Crippen molar-refractivity contribution in [2.75, 3.05) is 11.9 Å². The summed E-state index contributed by atoms with van der Waals surface area (Å²) in [6.45, 7) is 0.666. The number of anilines is 1. The van der Waals surface area contributed by atoms with Crippen molar-refractivity contribution in [2.24, 2.45) is 5.73 Å². The molecule has 5 nitrogen and oxygen atoms in total. The molecule has 1 heterocycles. The average molecular weight is 222 g/mol. The molecule has 0 aromatic heterocycles. The maximum atomic E-state index is 10.7. The minimum Gasteiger partial charge on any atom is -0.508 e. The lowest BCUT2D eigenvalue weighted by Gasteiger charge is -2.13. The summed E-state index contributed by atoms with van der Waals surface area (Å²) in [6.07, 6.45) is 0.374. The summed E-state index contributed by atoms with van der Waals surface area (Å²) < 4.78 is 0. The van der Waals surface area contributed by atoms with Crippen LogP contribution in [0.3, 0.4) is 0 Å². The fourth-order valence-corrected chi connectivity index (χ4v) is 2.01. The third-order valence-electron chi connectivity index (χ3n) is 2.87. The van der Waals surface area contributed by atoms with Crippen molar-refractivity contribution in [3.8, 4) is 5.75 Å². The molecule has 16 heavy (non-hydrogen) atoms. The van der Waals surface area contributed by atoms with Gasteiger partial charge in [-0.2, -0.15) is 0 Å². The number of nitrogens with one attached hydrogen (secondary N) is 1. The van der Waals surface area contributed by atoms with Gasteiger partial charge < -0.3 is 21.3 Å². The summed E-state index contributed by atoms with van der Waals surface area (Å²) in [5, 5.41) is 21.3. The van der Waals surface area contributed by atoms with Crippen LogP contribution in [0.25, 0.3) is 0 Å². The Morgan fingerprint density at radius 2 is 2.38 bits per heavy atom. The quantitative estimate of drug-likeness (QED) is 0.565. The van der Waals surface area contributed by atoms with Crippen molar-refractivity contribution < 1.29 is 15.0 Å². The maximum absolute atomic E-state index is 10.7. The van der Waals surface area contributed by atoms with Gasteiger partial charge in [0.05, 0.1) is 0 Å². The molecule has 0 fully saturated rings. The lowest BCUT2D eigenvalue weighted by atomic mass is 9.94. The van der Waals surface area contributed by atoms with Crippen LogP contribution in [0.5, 0.6) is 5.75 Å². The number of aliphatic carboxylic acids is 1. The number of phenols is 1. The number of rotatable bonds is 3. The van der Waals surface area contributed by atoms with Crippen LogP contribution >= 0.6 is 0 Å². The molecule has 2 atom stereocenters. The van der Waals surface area contributed by atoms with Crippen molar-refractivity contribution >= 4 is 11.7 Å². The van der Waals surface area contributed by atoms with Gasteiger partial charge in [-0.1, -0.05) is 0 Å².